The molecule has 2 N–H and O–H groups in total. The topological polar surface area (TPSA) is 70.6 Å². The Hall–Kier alpha value is -1.08. The number of hydrogen-bond donors (Lipinski definition) is 2. The van der Waals surface area contributed by atoms with Gasteiger partial charge in [-0.15, -0.1) is 11.3 Å². The molecule has 23 heavy (non-hydrogen) atoms. The van der Waals surface area contributed by atoms with Crippen LogP contribution in [0.4, 0.5) is 0 Å². The Labute approximate surface area is 143 Å². The number of aryl methyl sites for hydroxylation is 1. The Morgan fingerprint density at radius 3 is 2.83 bits per heavy atom. The molecule has 0 bridgehead atoms. The highest BCUT2D eigenvalue weighted by molar-refractivity contribution is 7.91. The van der Waals surface area contributed by atoms with E-state index < -0.39 is 9.84 Å². The predicted octanol–water partition coefficient (Wildman–Crippen LogP) is 1.98. The predicted molar refractivity (Wildman–Crippen MR) is 98.1 cm³/mol. The number of hydrogen-bond acceptors (Lipinski definition) is 4. The molecule has 0 amide bonds. The maximum atomic E-state index is 11.5. The lowest BCUT2D eigenvalue weighted by atomic mass is 10.1. The normalized spacial score (nSPS) is 22.0. The zero-order valence-corrected chi connectivity index (χ0v) is 15.8. The Balaban J connectivity index is 1.88. The lowest BCUT2D eigenvalue weighted by Crippen LogP contribution is -2.43. The van der Waals surface area contributed by atoms with Crippen molar-refractivity contribution in [2.75, 3.05) is 24.6 Å². The second-order valence-electron chi connectivity index (χ2n) is 6.25. The van der Waals surface area contributed by atoms with Gasteiger partial charge in [0.05, 0.1) is 11.5 Å². The van der Waals surface area contributed by atoms with Crippen LogP contribution in [-0.2, 0) is 16.3 Å². The van der Waals surface area contributed by atoms with Gasteiger partial charge in [-0.3, -0.25) is 4.99 Å². The van der Waals surface area contributed by atoms with Crippen molar-refractivity contribution in [2.24, 2.45) is 10.9 Å². The minimum absolute atomic E-state index is 0.158. The Morgan fingerprint density at radius 1 is 1.48 bits per heavy atom. The summed E-state index contributed by atoms with van der Waals surface area (Å²) in [6.45, 7) is 7.65. The average Bonchev–Trinajstić information content (AvgIpc) is 3.02. The van der Waals surface area contributed by atoms with E-state index in [0.29, 0.717) is 12.3 Å². The van der Waals surface area contributed by atoms with Crippen molar-refractivity contribution >= 4 is 27.1 Å². The molecule has 0 radical (unpaired) electrons. The molecule has 0 aliphatic carbocycles. The van der Waals surface area contributed by atoms with Gasteiger partial charge in [0.2, 0.25) is 0 Å². The van der Waals surface area contributed by atoms with E-state index in [0.717, 1.165) is 25.3 Å². The number of guanidine groups is 1. The van der Waals surface area contributed by atoms with Gasteiger partial charge < -0.3 is 10.6 Å². The quantitative estimate of drug-likeness (QED) is 0.603. The van der Waals surface area contributed by atoms with Gasteiger partial charge in [0.25, 0.3) is 0 Å². The third kappa shape index (κ3) is 6.14. The molecule has 1 saturated heterocycles. The van der Waals surface area contributed by atoms with E-state index in [9.17, 15) is 8.42 Å². The van der Waals surface area contributed by atoms with Gasteiger partial charge in [-0.1, -0.05) is 0 Å². The number of nitrogens with one attached hydrogen (secondary N) is 2. The van der Waals surface area contributed by atoms with Crippen LogP contribution in [0, 0.1) is 12.8 Å². The van der Waals surface area contributed by atoms with Crippen LogP contribution in [0.25, 0.3) is 0 Å². The first-order valence-electron chi connectivity index (χ1n) is 8.18. The Morgan fingerprint density at radius 2 is 2.26 bits per heavy atom. The van der Waals surface area contributed by atoms with E-state index in [1.807, 2.05) is 18.3 Å². The minimum Gasteiger partial charge on any atom is -0.357 e. The molecular formula is C16H27N3O2S2. The maximum Gasteiger partial charge on any atom is 0.191 e. The molecule has 7 heteroatoms. The van der Waals surface area contributed by atoms with E-state index in [2.05, 4.69) is 41.6 Å². The molecule has 0 saturated carbocycles. The summed E-state index contributed by atoms with van der Waals surface area (Å²) < 4.78 is 23.0. The van der Waals surface area contributed by atoms with Crippen LogP contribution in [0.1, 0.15) is 30.0 Å². The van der Waals surface area contributed by atoms with Gasteiger partial charge in [-0.2, -0.15) is 0 Å². The van der Waals surface area contributed by atoms with Crippen LogP contribution in [0.15, 0.2) is 17.1 Å². The summed E-state index contributed by atoms with van der Waals surface area (Å²) in [6.07, 6.45) is 1.69. The summed E-state index contributed by atoms with van der Waals surface area (Å²) in [5.41, 5.74) is 0. The van der Waals surface area contributed by atoms with Crippen LogP contribution in [0.2, 0.25) is 0 Å². The summed E-state index contributed by atoms with van der Waals surface area (Å²) in [5.74, 6) is 1.52. The zero-order chi connectivity index (χ0) is 16.9. The zero-order valence-electron chi connectivity index (χ0n) is 14.1. The highest BCUT2D eigenvalue weighted by Crippen LogP contribution is 2.19. The van der Waals surface area contributed by atoms with Gasteiger partial charge in [-0.25, -0.2) is 8.42 Å². The Bertz CT molecular complexity index is 638. The summed E-state index contributed by atoms with van der Waals surface area (Å²) in [4.78, 5) is 7.27. The van der Waals surface area contributed by atoms with E-state index in [1.54, 1.807) is 0 Å². The third-order valence-electron chi connectivity index (χ3n) is 3.87. The summed E-state index contributed by atoms with van der Waals surface area (Å²) in [6, 6.07) is 4.59. The van der Waals surface area contributed by atoms with Gasteiger partial charge in [0.15, 0.2) is 15.8 Å². The third-order valence-corrected chi connectivity index (χ3v) is 6.73. The van der Waals surface area contributed by atoms with Crippen molar-refractivity contribution in [1.29, 1.82) is 0 Å². The number of nitrogens with zero attached hydrogens (tertiary/aromatic N) is 1. The molecule has 2 unspecified atom stereocenters. The highest BCUT2D eigenvalue weighted by atomic mass is 32.2. The molecule has 1 aliphatic heterocycles. The smallest absolute Gasteiger partial charge is 0.191 e. The van der Waals surface area contributed by atoms with Gasteiger partial charge in [-0.05, 0) is 45.2 Å². The first-order valence-corrected chi connectivity index (χ1v) is 10.8. The lowest BCUT2D eigenvalue weighted by Gasteiger charge is -2.18. The molecule has 5 nitrogen and oxygen atoms in total. The summed E-state index contributed by atoms with van der Waals surface area (Å²) in [7, 11) is -2.83. The molecule has 0 spiro atoms. The van der Waals surface area contributed by atoms with Gasteiger partial charge in [0.1, 0.15) is 0 Å². The van der Waals surface area contributed by atoms with E-state index in [4.69, 9.17) is 0 Å². The van der Waals surface area contributed by atoms with Gasteiger partial charge >= 0.3 is 0 Å². The molecule has 1 aromatic heterocycles. The van der Waals surface area contributed by atoms with Crippen LogP contribution < -0.4 is 10.6 Å². The van der Waals surface area contributed by atoms with Gasteiger partial charge in [0, 0.05) is 35.3 Å². The lowest BCUT2D eigenvalue weighted by molar-refractivity contribution is 0.586. The van der Waals surface area contributed by atoms with Crippen molar-refractivity contribution in [2.45, 2.75) is 39.7 Å². The molecule has 130 valence electrons. The van der Waals surface area contributed by atoms with Crippen molar-refractivity contribution in [1.82, 2.24) is 10.6 Å². The summed E-state index contributed by atoms with van der Waals surface area (Å²) in [5, 5.41) is 6.66. The molecule has 0 aromatic carbocycles. The van der Waals surface area contributed by atoms with Crippen LogP contribution in [0.5, 0.6) is 0 Å². The fraction of sp³-hybridized carbons (Fsp3) is 0.688. The molecule has 1 aromatic rings. The monoisotopic (exact) mass is 357 g/mol. The van der Waals surface area contributed by atoms with Crippen LogP contribution >= 0.6 is 11.3 Å². The number of thiophene rings is 1. The molecule has 1 aliphatic rings. The molecule has 2 heterocycles. The number of aliphatic imine (C=N–C) groups is 1. The second kappa shape index (κ2) is 8.15. The van der Waals surface area contributed by atoms with Crippen LogP contribution in [-0.4, -0.2) is 45.0 Å². The first-order chi connectivity index (χ1) is 10.9. The molecule has 2 atom stereocenters. The fourth-order valence-corrected chi connectivity index (χ4v) is 5.61. The molecule has 2 rings (SSSR count). The SMILES string of the molecule is CCNC(=NCC1CCS(=O)(=O)C1)NC(C)Cc1ccc(C)s1. The minimum atomic E-state index is -2.83. The van der Waals surface area contributed by atoms with E-state index >= 15 is 0 Å². The van der Waals surface area contributed by atoms with Crippen molar-refractivity contribution in [3.05, 3.63) is 21.9 Å². The van der Waals surface area contributed by atoms with E-state index in [-0.39, 0.29) is 17.7 Å². The maximum absolute atomic E-state index is 11.5. The van der Waals surface area contributed by atoms with E-state index in [1.165, 1.54) is 9.75 Å². The molecular weight excluding hydrogens is 330 g/mol. The molecule has 1 fully saturated rings. The van der Waals surface area contributed by atoms with Crippen molar-refractivity contribution < 1.29 is 8.42 Å². The van der Waals surface area contributed by atoms with Crippen molar-refractivity contribution in [3.63, 3.8) is 0 Å². The first kappa shape index (κ1) is 18.3. The van der Waals surface area contributed by atoms with Crippen LogP contribution in [0.3, 0.4) is 0 Å². The number of sulfone groups is 1. The average molecular weight is 358 g/mol. The van der Waals surface area contributed by atoms with Crippen molar-refractivity contribution in [3.8, 4) is 0 Å². The second-order valence-corrected chi connectivity index (χ2v) is 9.85. The standard InChI is InChI=1S/C16H27N3O2S2/c1-4-17-16(18-10-14-7-8-23(20,21)11-14)19-12(2)9-15-6-5-13(3)22-15/h5-6,12,14H,4,7-11H2,1-3H3,(H2,17,18,19). The largest absolute Gasteiger partial charge is 0.357 e. The fourth-order valence-electron chi connectivity index (χ4n) is 2.74. The highest BCUT2D eigenvalue weighted by Gasteiger charge is 2.27. The number of rotatable bonds is 6. The Kier molecular flexibility index (Phi) is 6.47. The summed E-state index contributed by atoms with van der Waals surface area (Å²) >= 11 is 1.82.